The molecule has 7 nitrogen and oxygen atoms in total. The third-order valence-corrected chi connectivity index (χ3v) is 4.04. The number of ether oxygens (including phenoxy) is 2. The van der Waals surface area contributed by atoms with E-state index in [1.54, 1.807) is 12.1 Å². The number of carbonyl (C=O) groups excluding carboxylic acids is 1. The predicted molar refractivity (Wildman–Crippen MR) is 101 cm³/mol. The molecule has 0 saturated carbocycles. The van der Waals surface area contributed by atoms with Gasteiger partial charge in [0.25, 0.3) is 5.69 Å². The first-order valence-corrected chi connectivity index (χ1v) is 8.51. The van der Waals surface area contributed by atoms with Crippen LogP contribution in [-0.2, 0) is 9.53 Å². The summed E-state index contributed by atoms with van der Waals surface area (Å²) >= 11 is 0. The monoisotopic (exact) mass is 366 g/mol. The van der Waals surface area contributed by atoms with E-state index >= 15 is 0 Å². The lowest BCUT2D eigenvalue weighted by atomic mass is 10.1. The summed E-state index contributed by atoms with van der Waals surface area (Å²) in [6.45, 7) is 3.99. The van der Waals surface area contributed by atoms with Gasteiger partial charge in [0.2, 0.25) is 5.90 Å². The van der Waals surface area contributed by atoms with E-state index < -0.39 is 10.9 Å². The van der Waals surface area contributed by atoms with E-state index in [0.717, 1.165) is 6.42 Å². The number of carbonyl (C=O) groups is 1. The van der Waals surface area contributed by atoms with Gasteiger partial charge in [-0.2, -0.15) is 0 Å². The van der Waals surface area contributed by atoms with Crippen molar-refractivity contribution in [3.8, 4) is 5.75 Å². The van der Waals surface area contributed by atoms with Crippen molar-refractivity contribution in [2.45, 2.75) is 26.4 Å². The molecule has 0 amide bonds. The van der Waals surface area contributed by atoms with Crippen molar-refractivity contribution >= 4 is 23.6 Å². The number of cyclic esters (lactones) is 1. The van der Waals surface area contributed by atoms with E-state index in [0.29, 0.717) is 16.9 Å². The number of nitro groups is 1. The lowest BCUT2D eigenvalue weighted by molar-refractivity contribution is -0.384. The predicted octanol–water partition coefficient (Wildman–Crippen LogP) is 4.12. The van der Waals surface area contributed by atoms with Crippen LogP contribution in [0.25, 0.3) is 6.08 Å². The van der Waals surface area contributed by atoms with Gasteiger partial charge in [-0.3, -0.25) is 10.1 Å². The molecule has 0 saturated heterocycles. The number of rotatable bonds is 6. The number of aliphatic imine (C=N–C) groups is 1. The fourth-order valence-electron chi connectivity index (χ4n) is 2.44. The van der Waals surface area contributed by atoms with E-state index in [4.69, 9.17) is 9.47 Å². The zero-order chi connectivity index (χ0) is 19.4. The van der Waals surface area contributed by atoms with Gasteiger partial charge in [-0.1, -0.05) is 31.2 Å². The molecule has 0 aromatic heterocycles. The third-order valence-electron chi connectivity index (χ3n) is 4.04. The summed E-state index contributed by atoms with van der Waals surface area (Å²) in [5.74, 6) is 0.0660. The lowest BCUT2D eigenvalue weighted by Crippen LogP contribution is -2.10. The van der Waals surface area contributed by atoms with E-state index in [1.807, 2.05) is 38.1 Å². The van der Waals surface area contributed by atoms with Crippen molar-refractivity contribution in [2.24, 2.45) is 4.99 Å². The summed E-state index contributed by atoms with van der Waals surface area (Å²) in [6, 6.07) is 13.1. The van der Waals surface area contributed by atoms with E-state index in [9.17, 15) is 14.9 Å². The summed E-state index contributed by atoms with van der Waals surface area (Å²) < 4.78 is 11.1. The SMILES string of the molecule is CCC(C)Oc1ccccc1/C=C1\N=C(c2cccc([N+](=O)[O-])c2)OC1=O. The minimum Gasteiger partial charge on any atom is -0.490 e. The van der Waals surface area contributed by atoms with Gasteiger partial charge in [-0.15, -0.1) is 0 Å². The Morgan fingerprint density at radius 1 is 1.26 bits per heavy atom. The lowest BCUT2D eigenvalue weighted by Gasteiger charge is -2.14. The Hall–Kier alpha value is -3.48. The first-order valence-electron chi connectivity index (χ1n) is 8.51. The number of para-hydroxylation sites is 1. The largest absolute Gasteiger partial charge is 0.490 e. The van der Waals surface area contributed by atoms with Crippen LogP contribution in [0.3, 0.4) is 0 Å². The molecule has 1 atom stereocenters. The van der Waals surface area contributed by atoms with Gasteiger partial charge >= 0.3 is 5.97 Å². The van der Waals surface area contributed by atoms with Crippen LogP contribution >= 0.6 is 0 Å². The van der Waals surface area contributed by atoms with Crippen molar-refractivity contribution in [3.63, 3.8) is 0 Å². The van der Waals surface area contributed by atoms with Crippen molar-refractivity contribution in [3.05, 3.63) is 75.5 Å². The van der Waals surface area contributed by atoms with Crippen molar-refractivity contribution in [1.29, 1.82) is 0 Å². The van der Waals surface area contributed by atoms with Crippen molar-refractivity contribution < 1.29 is 19.2 Å². The highest BCUT2D eigenvalue weighted by Crippen LogP contribution is 2.26. The summed E-state index contributed by atoms with van der Waals surface area (Å²) in [5, 5.41) is 10.9. The molecule has 0 fully saturated rings. The average Bonchev–Trinajstić information content (AvgIpc) is 3.04. The zero-order valence-corrected chi connectivity index (χ0v) is 14.9. The molecule has 138 valence electrons. The van der Waals surface area contributed by atoms with Crippen molar-refractivity contribution in [2.75, 3.05) is 0 Å². The minimum atomic E-state index is -0.616. The smallest absolute Gasteiger partial charge is 0.363 e. The molecule has 3 rings (SSSR count). The quantitative estimate of drug-likeness (QED) is 0.332. The maximum absolute atomic E-state index is 12.2. The molecule has 1 aliphatic heterocycles. The Morgan fingerprint density at radius 3 is 2.78 bits per heavy atom. The maximum atomic E-state index is 12.2. The first kappa shape index (κ1) is 18.3. The first-order chi connectivity index (χ1) is 13.0. The van der Waals surface area contributed by atoms with E-state index in [2.05, 4.69) is 4.99 Å². The van der Waals surface area contributed by atoms with Gasteiger partial charge < -0.3 is 9.47 Å². The molecular weight excluding hydrogens is 348 g/mol. The fraction of sp³-hybridized carbons (Fsp3) is 0.200. The fourth-order valence-corrected chi connectivity index (χ4v) is 2.44. The van der Waals surface area contributed by atoms with Gasteiger partial charge in [0.1, 0.15) is 5.75 Å². The normalized spacial score (nSPS) is 16.0. The van der Waals surface area contributed by atoms with Crippen LogP contribution in [0, 0.1) is 10.1 Å². The molecule has 1 heterocycles. The third kappa shape index (κ3) is 4.20. The Morgan fingerprint density at radius 2 is 2.04 bits per heavy atom. The number of nitrogens with zero attached hydrogens (tertiary/aromatic N) is 2. The number of non-ortho nitro benzene ring substituents is 1. The second-order valence-corrected chi connectivity index (χ2v) is 6.02. The second kappa shape index (κ2) is 7.82. The molecule has 1 aliphatic rings. The van der Waals surface area contributed by atoms with Crippen LogP contribution < -0.4 is 4.74 Å². The second-order valence-electron chi connectivity index (χ2n) is 6.02. The van der Waals surface area contributed by atoms with E-state index in [1.165, 1.54) is 18.2 Å². The van der Waals surface area contributed by atoms with Gasteiger partial charge in [0.05, 0.1) is 11.0 Å². The standard InChI is InChI=1S/C20H18N2O5/c1-3-13(2)26-18-10-5-4-7-14(18)12-17-20(23)27-19(21-17)15-8-6-9-16(11-15)22(24)25/h4-13H,3H2,1-2H3/b17-12-. The zero-order valence-electron chi connectivity index (χ0n) is 14.9. The maximum Gasteiger partial charge on any atom is 0.363 e. The summed E-state index contributed by atoms with van der Waals surface area (Å²) in [4.78, 5) is 26.8. The molecule has 2 aromatic carbocycles. The highest BCUT2D eigenvalue weighted by Gasteiger charge is 2.25. The number of hydrogen-bond acceptors (Lipinski definition) is 6. The van der Waals surface area contributed by atoms with Crippen molar-refractivity contribution in [1.82, 2.24) is 0 Å². The minimum absolute atomic E-state index is 0.0315. The Bertz CT molecular complexity index is 949. The molecule has 1 unspecified atom stereocenters. The van der Waals surface area contributed by atoms with E-state index in [-0.39, 0.29) is 23.4 Å². The van der Waals surface area contributed by atoms with Gasteiger partial charge in [0.15, 0.2) is 5.70 Å². The van der Waals surface area contributed by atoms with Crippen LogP contribution in [0.5, 0.6) is 5.75 Å². The van der Waals surface area contributed by atoms with Crippen LogP contribution in [0.15, 0.2) is 59.2 Å². The molecule has 27 heavy (non-hydrogen) atoms. The number of esters is 1. The molecule has 2 aromatic rings. The van der Waals surface area contributed by atoms with Gasteiger partial charge in [0, 0.05) is 23.3 Å². The molecule has 7 heteroatoms. The molecular formula is C20H18N2O5. The highest BCUT2D eigenvalue weighted by atomic mass is 16.6. The Balaban J connectivity index is 1.93. The average molecular weight is 366 g/mol. The molecule has 0 aliphatic carbocycles. The molecule has 0 radical (unpaired) electrons. The molecule has 0 N–H and O–H groups in total. The van der Waals surface area contributed by atoms with Crippen LogP contribution in [0.4, 0.5) is 5.69 Å². The molecule has 0 bridgehead atoms. The summed E-state index contributed by atoms with van der Waals surface area (Å²) in [6.07, 6.45) is 2.47. The number of nitro benzene ring substituents is 1. The van der Waals surface area contributed by atoms with Crippen LogP contribution in [-0.4, -0.2) is 22.9 Å². The molecule has 0 spiro atoms. The van der Waals surface area contributed by atoms with Gasteiger partial charge in [-0.25, -0.2) is 9.79 Å². The van der Waals surface area contributed by atoms with Crippen LogP contribution in [0.1, 0.15) is 31.4 Å². The Labute approximate surface area is 156 Å². The highest BCUT2D eigenvalue weighted by molar-refractivity contribution is 6.13. The summed E-state index contributed by atoms with van der Waals surface area (Å²) in [7, 11) is 0. The number of benzene rings is 2. The number of hydrogen-bond donors (Lipinski definition) is 0. The van der Waals surface area contributed by atoms with Crippen LogP contribution in [0.2, 0.25) is 0 Å². The topological polar surface area (TPSA) is 91.0 Å². The Kier molecular flexibility index (Phi) is 5.30. The summed E-state index contributed by atoms with van der Waals surface area (Å²) in [5.41, 5.74) is 1.08. The van der Waals surface area contributed by atoms with Gasteiger partial charge in [-0.05, 0) is 31.6 Å².